The minimum absolute atomic E-state index is 0.393. The Morgan fingerprint density at radius 2 is 1.89 bits per heavy atom. The summed E-state index contributed by atoms with van der Waals surface area (Å²) in [6.07, 6.45) is 0. The number of carbonyl (C=O) groups excluding carboxylic acids is 2. The van der Waals surface area contributed by atoms with Gasteiger partial charge in [-0.1, -0.05) is 11.6 Å². The summed E-state index contributed by atoms with van der Waals surface area (Å²) in [7, 11) is 0. The number of nitrogens with one attached hydrogen (secondary N) is 3. The van der Waals surface area contributed by atoms with E-state index in [1.807, 2.05) is 0 Å². The zero-order valence-electron chi connectivity index (χ0n) is 10.3. The van der Waals surface area contributed by atoms with Crippen LogP contribution >= 0.6 is 11.6 Å². The van der Waals surface area contributed by atoms with E-state index in [0.717, 1.165) is 5.69 Å². The molecule has 0 aliphatic heterocycles. The van der Waals surface area contributed by atoms with E-state index in [0.29, 0.717) is 11.6 Å². The third kappa shape index (κ3) is 4.63. The maximum atomic E-state index is 11.6. The smallest absolute Gasteiger partial charge is 0.321 e. The monoisotopic (exact) mass is 269 g/mol. The molecule has 0 heterocycles. The van der Waals surface area contributed by atoms with E-state index in [4.69, 9.17) is 11.6 Å². The molecule has 0 unspecified atom stereocenters. The summed E-state index contributed by atoms with van der Waals surface area (Å²) in [5, 5.41) is 8.31. The van der Waals surface area contributed by atoms with E-state index in [1.165, 1.54) is 0 Å². The second-order valence-corrected chi connectivity index (χ2v) is 4.16. The Balaban J connectivity index is 2.49. The summed E-state index contributed by atoms with van der Waals surface area (Å²) in [5.41, 5.74) is 0.762. The first-order chi connectivity index (χ1) is 8.52. The van der Waals surface area contributed by atoms with Gasteiger partial charge in [-0.3, -0.25) is 10.1 Å². The van der Waals surface area contributed by atoms with Gasteiger partial charge in [-0.15, -0.1) is 0 Å². The molecule has 0 fully saturated rings. The Morgan fingerprint density at radius 1 is 1.28 bits per heavy atom. The van der Waals surface area contributed by atoms with E-state index in [2.05, 4.69) is 16.0 Å². The van der Waals surface area contributed by atoms with E-state index in [1.54, 1.807) is 38.1 Å². The molecule has 0 saturated heterocycles. The molecule has 1 atom stereocenters. The predicted molar refractivity (Wildman–Crippen MR) is 71.8 cm³/mol. The predicted octanol–water partition coefficient (Wildman–Crippen LogP) is 1.99. The topological polar surface area (TPSA) is 70.2 Å². The number of amides is 3. The van der Waals surface area contributed by atoms with Crippen molar-refractivity contribution in [1.29, 1.82) is 0 Å². The van der Waals surface area contributed by atoms with E-state index < -0.39 is 18.0 Å². The molecule has 1 aromatic carbocycles. The molecule has 6 heteroatoms. The third-order valence-electron chi connectivity index (χ3n) is 2.19. The maximum Gasteiger partial charge on any atom is 0.321 e. The van der Waals surface area contributed by atoms with Crippen molar-refractivity contribution in [2.45, 2.75) is 19.9 Å². The fourth-order valence-corrected chi connectivity index (χ4v) is 1.41. The largest absolute Gasteiger partial charge is 0.374 e. The number of benzene rings is 1. The van der Waals surface area contributed by atoms with Crippen molar-refractivity contribution >= 4 is 29.2 Å². The lowest BCUT2D eigenvalue weighted by Crippen LogP contribution is -2.45. The fourth-order valence-electron chi connectivity index (χ4n) is 1.29. The average molecular weight is 270 g/mol. The lowest BCUT2D eigenvalue weighted by molar-refractivity contribution is -0.120. The van der Waals surface area contributed by atoms with Crippen molar-refractivity contribution in [3.63, 3.8) is 0 Å². The van der Waals surface area contributed by atoms with Crippen molar-refractivity contribution in [2.24, 2.45) is 0 Å². The van der Waals surface area contributed by atoms with Crippen LogP contribution in [0.15, 0.2) is 24.3 Å². The van der Waals surface area contributed by atoms with Crippen LogP contribution in [-0.2, 0) is 4.79 Å². The van der Waals surface area contributed by atoms with Gasteiger partial charge in [0.25, 0.3) is 0 Å². The van der Waals surface area contributed by atoms with E-state index >= 15 is 0 Å². The van der Waals surface area contributed by atoms with Gasteiger partial charge in [0.1, 0.15) is 6.04 Å². The lowest BCUT2D eigenvalue weighted by atomic mass is 10.2. The second kappa shape index (κ2) is 6.86. The number of imide groups is 1. The highest BCUT2D eigenvalue weighted by atomic mass is 35.5. The molecule has 18 heavy (non-hydrogen) atoms. The number of halogens is 1. The van der Waals surface area contributed by atoms with Crippen LogP contribution in [0.2, 0.25) is 5.02 Å². The second-order valence-electron chi connectivity index (χ2n) is 3.72. The van der Waals surface area contributed by atoms with Crippen LogP contribution in [0.5, 0.6) is 0 Å². The normalized spacial score (nSPS) is 11.5. The van der Waals surface area contributed by atoms with Gasteiger partial charge in [0.15, 0.2) is 0 Å². The van der Waals surface area contributed by atoms with Crippen molar-refractivity contribution < 1.29 is 9.59 Å². The highest BCUT2D eigenvalue weighted by Gasteiger charge is 2.14. The Hall–Kier alpha value is -1.75. The molecule has 5 nitrogen and oxygen atoms in total. The third-order valence-corrected chi connectivity index (χ3v) is 2.45. The van der Waals surface area contributed by atoms with Gasteiger partial charge in [0.05, 0.1) is 0 Å². The first kappa shape index (κ1) is 14.3. The van der Waals surface area contributed by atoms with Gasteiger partial charge >= 0.3 is 6.03 Å². The van der Waals surface area contributed by atoms with Gasteiger partial charge in [-0.2, -0.15) is 0 Å². The minimum atomic E-state index is -0.520. The fraction of sp³-hybridized carbons (Fsp3) is 0.333. The van der Waals surface area contributed by atoms with Crippen LogP contribution in [0.1, 0.15) is 13.8 Å². The Bertz CT molecular complexity index is 420. The van der Waals surface area contributed by atoms with Gasteiger partial charge < -0.3 is 10.6 Å². The van der Waals surface area contributed by atoms with Gasteiger partial charge in [0.2, 0.25) is 5.91 Å². The molecular weight excluding hydrogens is 254 g/mol. The van der Waals surface area contributed by atoms with Crippen LogP contribution < -0.4 is 16.0 Å². The molecule has 0 bridgehead atoms. The minimum Gasteiger partial charge on any atom is -0.374 e. The summed E-state index contributed by atoms with van der Waals surface area (Å²) >= 11 is 5.75. The molecule has 0 spiro atoms. The molecule has 0 radical (unpaired) electrons. The Morgan fingerprint density at radius 3 is 2.44 bits per heavy atom. The molecule has 0 saturated carbocycles. The number of carbonyl (C=O) groups is 2. The van der Waals surface area contributed by atoms with Crippen molar-refractivity contribution in [1.82, 2.24) is 10.6 Å². The molecule has 0 aliphatic rings. The number of hydrogen-bond donors (Lipinski definition) is 3. The molecular formula is C12H16ClN3O2. The zero-order valence-corrected chi connectivity index (χ0v) is 11.0. The van der Waals surface area contributed by atoms with E-state index in [-0.39, 0.29) is 0 Å². The molecule has 98 valence electrons. The van der Waals surface area contributed by atoms with Crippen LogP contribution in [0.3, 0.4) is 0 Å². The maximum absolute atomic E-state index is 11.6. The summed E-state index contributed by atoms with van der Waals surface area (Å²) in [6.45, 7) is 3.92. The van der Waals surface area contributed by atoms with Crippen molar-refractivity contribution in [3.05, 3.63) is 29.3 Å². The van der Waals surface area contributed by atoms with Crippen LogP contribution in [0.4, 0.5) is 10.5 Å². The lowest BCUT2D eigenvalue weighted by Gasteiger charge is -2.14. The van der Waals surface area contributed by atoms with Crippen LogP contribution in [-0.4, -0.2) is 24.5 Å². The number of rotatable bonds is 4. The van der Waals surface area contributed by atoms with Crippen molar-refractivity contribution in [2.75, 3.05) is 11.9 Å². The SMILES string of the molecule is CCNC(=O)NC(=O)[C@@H](C)Nc1ccc(Cl)cc1. The molecule has 1 rings (SSSR count). The number of anilines is 1. The first-order valence-corrected chi connectivity index (χ1v) is 6.01. The van der Waals surface area contributed by atoms with Crippen LogP contribution in [0, 0.1) is 0 Å². The van der Waals surface area contributed by atoms with Gasteiger partial charge in [0, 0.05) is 17.3 Å². The highest BCUT2D eigenvalue weighted by molar-refractivity contribution is 6.30. The van der Waals surface area contributed by atoms with Gasteiger partial charge in [-0.05, 0) is 38.1 Å². The quantitative estimate of drug-likeness (QED) is 0.783. The Labute approximate surface area is 111 Å². The molecule has 1 aromatic rings. The number of urea groups is 1. The summed E-state index contributed by atoms with van der Waals surface area (Å²) in [6, 6.07) is 5.95. The Kier molecular flexibility index (Phi) is 5.45. The van der Waals surface area contributed by atoms with Crippen molar-refractivity contribution in [3.8, 4) is 0 Å². The van der Waals surface area contributed by atoms with Gasteiger partial charge in [-0.25, -0.2) is 4.79 Å². The summed E-state index contributed by atoms with van der Waals surface area (Å²) in [4.78, 5) is 22.8. The summed E-state index contributed by atoms with van der Waals surface area (Å²) in [5.74, 6) is -0.393. The molecule has 3 N–H and O–H groups in total. The first-order valence-electron chi connectivity index (χ1n) is 5.63. The zero-order chi connectivity index (χ0) is 13.5. The number of hydrogen-bond acceptors (Lipinski definition) is 3. The van der Waals surface area contributed by atoms with E-state index in [9.17, 15) is 9.59 Å². The standard InChI is InChI=1S/C12H16ClN3O2/c1-3-14-12(18)16-11(17)8(2)15-10-6-4-9(13)5-7-10/h4-8,15H,3H2,1-2H3,(H2,14,16,17,18)/t8-/m1/s1. The summed E-state index contributed by atoms with van der Waals surface area (Å²) < 4.78 is 0. The molecule has 3 amide bonds. The highest BCUT2D eigenvalue weighted by Crippen LogP contribution is 2.14. The molecule has 0 aliphatic carbocycles. The molecule has 0 aromatic heterocycles. The van der Waals surface area contributed by atoms with Crippen LogP contribution in [0.25, 0.3) is 0 Å². The average Bonchev–Trinajstić information content (AvgIpc) is 2.32.